The molecule has 252 valence electrons. The minimum atomic E-state index is -1.34. The number of carbonyl (C=O) groups is 2. The smallest absolute Gasteiger partial charge is 0.548 e. The Balaban J connectivity index is 0.00000562. The Bertz CT molecular complexity index is 1890. The number of nitrogens with zero attached hydrogens (tertiary/aromatic N) is 1. The van der Waals surface area contributed by atoms with Crippen LogP contribution in [0.5, 0.6) is 0 Å². The monoisotopic (exact) mass is 686 g/mol. The van der Waals surface area contributed by atoms with Crippen molar-refractivity contribution in [3.8, 4) is 11.1 Å². The molecule has 50 heavy (non-hydrogen) atoms. The zero-order valence-corrected chi connectivity index (χ0v) is 29.1. The molecule has 0 saturated heterocycles. The normalized spacial score (nSPS) is 12.0. The summed E-state index contributed by atoms with van der Waals surface area (Å²) in [6.45, 7) is 2.40. The van der Waals surface area contributed by atoms with Crippen LogP contribution in [0.4, 0.5) is 14.5 Å². The molecule has 0 aliphatic heterocycles. The number of anilines is 1. The third-order valence-corrected chi connectivity index (χ3v) is 8.97. The number of hydrogen-bond acceptors (Lipinski definition) is 6. The van der Waals surface area contributed by atoms with E-state index in [9.17, 15) is 28.6 Å². The van der Waals surface area contributed by atoms with Crippen LogP contribution in [-0.2, 0) is 17.9 Å². The first-order valence-corrected chi connectivity index (χ1v) is 17.2. The molecule has 1 amide bonds. The Hall–Kier alpha value is -4.39. The molecule has 0 aliphatic rings. The minimum absolute atomic E-state index is 0. The number of carboxylic acid groups (broad SMARTS) is 1. The van der Waals surface area contributed by atoms with Crippen LogP contribution in [0.1, 0.15) is 50.7 Å². The summed E-state index contributed by atoms with van der Waals surface area (Å²) in [7, 11) is 0. The quantitative estimate of drug-likeness (QED) is 0.173. The Morgan fingerprint density at radius 2 is 1.42 bits per heavy atom. The van der Waals surface area contributed by atoms with Gasteiger partial charge in [0, 0.05) is 30.4 Å². The number of amides is 1. The van der Waals surface area contributed by atoms with Gasteiger partial charge in [-0.05, 0) is 101 Å². The molecule has 0 fully saturated rings. The maximum atomic E-state index is 14.3. The summed E-state index contributed by atoms with van der Waals surface area (Å²) >= 11 is 1.48. The standard InChI is InChI=1S/C40H38F2N2O4S.Li/c1-26-8-6-7-11-34(26)36-22-27(12-17-35(36)39(46)43-37(40(47)48)18-19-49-2)24-44(25-28-20-31(41)23-32(42)21-28)33-15-13-30(14-16-33)38(45)29-9-4-3-5-10-29;/h3-17,20-23,37-38,45H,18-19,24-25H2,1-2H3,(H,43,46)(H,47,48);/q;+1/p-1. The molecule has 0 spiro atoms. The number of nitrogens with one attached hydrogen (secondary N) is 1. The zero-order valence-electron chi connectivity index (χ0n) is 28.2. The van der Waals surface area contributed by atoms with Crippen LogP contribution >= 0.6 is 11.8 Å². The fourth-order valence-corrected chi connectivity index (χ4v) is 6.25. The molecule has 0 radical (unpaired) electrons. The van der Waals surface area contributed by atoms with E-state index in [-0.39, 0.29) is 31.8 Å². The van der Waals surface area contributed by atoms with Gasteiger partial charge in [-0.2, -0.15) is 11.8 Å². The Morgan fingerprint density at radius 3 is 2.06 bits per heavy atom. The van der Waals surface area contributed by atoms with Crippen LogP contribution in [0, 0.1) is 18.6 Å². The second kappa shape index (κ2) is 18.0. The van der Waals surface area contributed by atoms with Gasteiger partial charge in [0.25, 0.3) is 5.91 Å². The summed E-state index contributed by atoms with van der Waals surface area (Å²) in [4.78, 5) is 27.3. The first-order chi connectivity index (χ1) is 23.6. The van der Waals surface area contributed by atoms with Crippen LogP contribution < -0.4 is 34.2 Å². The second-order valence-electron chi connectivity index (χ2n) is 11.9. The van der Waals surface area contributed by atoms with Crippen LogP contribution in [0.3, 0.4) is 0 Å². The fraction of sp³-hybridized carbons (Fsp3) is 0.200. The summed E-state index contributed by atoms with van der Waals surface area (Å²) in [5, 5.41) is 25.4. The number of hydrogen-bond donors (Lipinski definition) is 2. The van der Waals surface area contributed by atoms with Crippen molar-refractivity contribution in [2.45, 2.75) is 38.6 Å². The molecule has 10 heteroatoms. The van der Waals surface area contributed by atoms with E-state index in [2.05, 4.69) is 5.32 Å². The van der Waals surface area contributed by atoms with Crippen molar-refractivity contribution in [1.29, 1.82) is 0 Å². The van der Waals surface area contributed by atoms with Gasteiger partial charge in [0.05, 0.1) is 12.0 Å². The molecule has 2 N–H and O–H groups in total. The van der Waals surface area contributed by atoms with E-state index in [1.54, 1.807) is 12.1 Å². The van der Waals surface area contributed by atoms with Crippen LogP contribution in [-0.4, -0.2) is 35.0 Å². The number of thioether (sulfide) groups is 1. The van der Waals surface area contributed by atoms with Crippen molar-refractivity contribution in [1.82, 2.24) is 5.32 Å². The van der Waals surface area contributed by atoms with Crippen molar-refractivity contribution >= 4 is 29.3 Å². The number of carboxylic acids is 1. The fourth-order valence-electron chi connectivity index (χ4n) is 5.78. The minimum Gasteiger partial charge on any atom is -0.548 e. The van der Waals surface area contributed by atoms with Gasteiger partial charge in [0.15, 0.2) is 0 Å². The molecule has 6 nitrogen and oxygen atoms in total. The molecule has 5 rings (SSSR count). The Labute approximate surface area is 307 Å². The molecular formula is C40H37F2LiN2O4S. The molecule has 5 aromatic rings. The van der Waals surface area contributed by atoms with Crippen molar-refractivity contribution in [3.63, 3.8) is 0 Å². The number of aliphatic hydroxyl groups is 1. The maximum absolute atomic E-state index is 14.3. The van der Waals surface area contributed by atoms with Crippen molar-refractivity contribution in [2.75, 3.05) is 16.9 Å². The summed E-state index contributed by atoms with van der Waals surface area (Å²) in [6.07, 6.45) is 1.26. The third kappa shape index (κ3) is 9.86. The Kier molecular flexibility index (Phi) is 13.8. The van der Waals surface area contributed by atoms with E-state index < -0.39 is 35.7 Å². The van der Waals surface area contributed by atoms with Gasteiger partial charge in [0.2, 0.25) is 0 Å². The average Bonchev–Trinajstić information content (AvgIpc) is 3.09. The maximum Gasteiger partial charge on any atom is 1.00 e. The molecule has 2 unspecified atom stereocenters. The van der Waals surface area contributed by atoms with Gasteiger partial charge in [0.1, 0.15) is 17.7 Å². The summed E-state index contributed by atoms with van der Waals surface area (Å²) in [5.74, 6) is -2.69. The topological polar surface area (TPSA) is 92.7 Å². The number of aliphatic hydroxyl groups excluding tert-OH is 1. The van der Waals surface area contributed by atoms with Gasteiger partial charge in [-0.1, -0.05) is 72.8 Å². The van der Waals surface area contributed by atoms with Crippen LogP contribution in [0.15, 0.2) is 115 Å². The van der Waals surface area contributed by atoms with Crippen LogP contribution in [0.2, 0.25) is 0 Å². The summed E-state index contributed by atoms with van der Waals surface area (Å²) < 4.78 is 28.5. The van der Waals surface area contributed by atoms with Crippen molar-refractivity contribution in [3.05, 3.63) is 160 Å². The predicted molar refractivity (Wildman–Crippen MR) is 189 cm³/mol. The molecule has 0 bridgehead atoms. The number of aliphatic carboxylic acids is 1. The van der Waals surface area contributed by atoms with Crippen LogP contribution in [0.25, 0.3) is 11.1 Å². The first-order valence-electron chi connectivity index (χ1n) is 15.9. The molecule has 0 aromatic heterocycles. The largest absolute Gasteiger partial charge is 1.00 e. The number of aryl methyl sites for hydroxylation is 1. The molecular weight excluding hydrogens is 649 g/mol. The van der Waals surface area contributed by atoms with E-state index in [1.165, 1.54) is 23.9 Å². The summed E-state index contributed by atoms with van der Waals surface area (Å²) in [5.41, 5.74) is 6.09. The Morgan fingerprint density at radius 1 is 0.800 bits per heavy atom. The zero-order chi connectivity index (χ0) is 34.9. The van der Waals surface area contributed by atoms with Crippen molar-refractivity contribution < 1.29 is 47.4 Å². The molecule has 0 saturated carbocycles. The van der Waals surface area contributed by atoms with Gasteiger partial charge in [-0.3, -0.25) is 4.79 Å². The van der Waals surface area contributed by atoms with E-state index in [0.717, 1.165) is 34.0 Å². The van der Waals surface area contributed by atoms with Gasteiger partial charge < -0.3 is 25.2 Å². The second-order valence-corrected chi connectivity index (χ2v) is 12.8. The predicted octanol–water partition coefficient (Wildman–Crippen LogP) is 3.83. The molecule has 2 atom stereocenters. The number of rotatable bonds is 14. The third-order valence-electron chi connectivity index (χ3n) is 8.32. The SMILES string of the molecule is CSCCC(NC(=O)c1ccc(CN(Cc2cc(F)cc(F)c2)c2ccc(C(O)c3ccccc3)cc2)cc1-c1ccccc1C)C(=O)[O-].[Li+]. The number of carbonyl (C=O) groups excluding carboxylic acids is 2. The number of benzene rings is 5. The molecule has 5 aromatic carbocycles. The number of halogens is 2. The van der Waals surface area contributed by atoms with Gasteiger partial charge >= 0.3 is 18.9 Å². The molecule has 0 heterocycles. The summed E-state index contributed by atoms with van der Waals surface area (Å²) in [6, 6.07) is 31.9. The van der Waals surface area contributed by atoms with E-state index in [1.807, 2.05) is 103 Å². The first kappa shape index (κ1) is 38.4. The van der Waals surface area contributed by atoms with Gasteiger partial charge in [-0.15, -0.1) is 0 Å². The van der Waals surface area contributed by atoms with E-state index in [0.29, 0.717) is 34.6 Å². The molecule has 0 aliphatic carbocycles. The van der Waals surface area contributed by atoms with E-state index in [4.69, 9.17) is 0 Å². The van der Waals surface area contributed by atoms with Gasteiger partial charge in [-0.25, -0.2) is 8.78 Å². The van der Waals surface area contributed by atoms with E-state index >= 15 is 0 Å². The average molecular weight is 687 g/mol. The van der Waals surface area contributed by atoms with Crippen molar-refractivity contribution in [2.24, 2.45) is 0 Å².